The van der Waals surface area contributed by atoms with Crippen molar-refractivity contribution in [3.63, 3.8) is 0 Å². The summed E-state index contributed by atoms with van der Waals surface area (Å²) in [6, 6.07) is 6.72. The number of hydrogen-bond acceptors (Lipinski definition) is 2. The Hall–Kier alpha value is -0.670. The van der Waals surface area contributed by atoms with Crippen molar-refractivity contribution < 1.29 is 4.21 Å². The van der Waals surface area contributed by atoms with Crippen molar-refractivity contribution in [2.45, 2.75) is 40.7 Å². The largest absolute Gasteiger partial charge is 0.309 e. The summed E-state index contributed by atoms with van der Waals surface area (Å²) in [5.41, 5.74) is 3.86. The highest BCUT2D eigenvalue weighted by molar-refractivity contribution is 7.85. The number of hydrogen-bond donors (Lipinski definition) is 1. The fourth-order valence-electron chi connectivity index (χ4n) is 2.13. The van der Waals surface area contributed by atoms with Crippen LogP contribution in [0.15, 0.2) is 18.2 Å². The van der Waals surface area contributed by atoms with Gasteiger partial charge in [0.05, 0.1) is 0 Å². The summed E-state index contributed by atoms with van der Waals surface area (Å²) in [7, 11) is -0.757. The van der Waals surface area contributed by atoms with E-state index >= 15 is 0 Å². The summed E-state index contributed by atoms with van der Waals surface area (Å²) in [6.45, 7) is 11.5. The van der Waals surface area contributed by atoms with Gasteiger partial charge in [0.1, 0.15) is 0 Å². The molecule has 0 saturated carbocycles. The van der Waals surface area contributed by atoms with Gasteiger partial charge in [-0.2, -0.15) is 0 Å². The molecule has 108 valence electrons. The minimum absolute atomic E-state index is 0.198. The van der Waals surface area contributed by atoms with Gasteiger partial charge in [0.2, 0.25) is 0 Å². The van der Waals surface area contributed by atoms with Gasteiger partial charge in [-0.1, -0.05) is 39.0 Å². The second kappa shape index (κ2) is 7.81. The van der Waals surface area contributed by atoms with Gasteiger partial charge in [-0.15, -0.1) is 0 Å². The molecule has 0 aromatic heterocycles. The Balaban J connectivity index is 2.81. The molecule has 19 heavy (non-hydrogen) atoms. The molecule has 0 aliphatic rings. The van der Waals surface area contributed by atoms with Crippen molar-refractivity contribution in [1.82, 2.24) is 5.32 Å². The Morgan fingerprint density at radius 1 is 1.16 bits per heavy atom. The van der Waals surface area contributed by atoms with Crippen LogP contribution in [0.2, 0.25) is 0 Å². The topological polar surface area (TPSA) is 29.1 Å². The smallest absolute Gasteiger partial charge is 0.0436 e. The molecule has 0 radical (unpaired) electrons. The molecule has 0 spiro atoms. The summed E-state index contributed by atoms with van der Waals surface area (Å²) in [4.78, 5) is 0. The van der Waals surface area contributed by atoms with Crippen molar-refractivity contribution in [3.8, 4) is 0 Å². The van der Waals surface area contributed by atoms with Crippen LogP contribution in [0.3, 0.4) is 0 Å². The molecule has 2 atom stereocenters. The van der Waals surface area contributed by atoms with Crippen LogP contribution in [0.1, 0.15) is 43.5 Å². The third-order valence-electron chi connectivity index (χ3n) is 3.26. The summed E-state index contributed by atoms with van der Waals surface area (Å²) in [5, 5.41) is 3.46. The first-order valence-electron chi connectivity index (χ1n) is 7.09. The third kappa shape index (κ3) is 5.45. The van der Waals surface area contributed by atoms with E-state index in [-0.39, 0.29) is 6.04 Å². The zero-order valence-electron chi connectivity index (χ0n) is 12.8. The maximum atomic E-state index is 12.1. The maximum Gasteiger partial charge on any atom is 0.0436 e. The molecule has 0 saturated heterocycles. The minimum Gasteiger partial charge on any atom is -0.309 e. The SMILES string of the molecule is CCNC(CS(=O)CC(C)C)c1ccc(C)c(C)c1. The van der Waals surface area contributed by atoms with Gasteiger partial charge < -0.3 is 5.32 Å². The number of rotatable bonds is 7. The van der Waals surface area contributed by atoms with E-state index in [0.29, 0.717) is 11.7 Å². The Bertz CT molecular complexity index is 429. The quantitative estimate of drug-likeness (QED) is 0.830. The lowest BCUT2D eigenvalue weighted by Crippen LogP contribution is -2.27. The summed E-state index contributed by atoms with van der Waals surface area (Å²) in [6.07, 6.45) is 0. The number of aryl methyl sites for hydroxylation is 2. The van der Waals surface area contributed by atoms with E-state index in [1.54, 1.807) is 0 Å². The van der Waals surface area contributed by atoms with Crippen LogP contribution < -0.4 is 5.32 Å². The van der Waals surface area contributed by atoms with Crippen molar-refractivity contribution >= 4 is 10.8 Å². The average Bonchev–Trinajstić information content (AvgIpc) is 2.31. The molecule has 0 aliphatic carbocycles. The van der Waals surface area contributed by atoms with Crippen LogP contribution in [-0.4, -0.2) is 22.3 Å². The Morgan fingerprint density at radius 3 is 2.37 bits per heavy atom. The second-order valence-corrected chi connectivity index (χ2v) is 7.17. The molecular weight excluding hydrogens is 254 g/mol. The standard InChI is InChI=1S/C16H27NOS/c1-6-17-16(11-19(18)10-12(2)3)15-8-7-13(4)14(5)9-15/h7-9,12,16-17H,6,10-11H2,1-5H3. The highest BCUT2D eigenvalue weighted by Crippen LogP contribution is 2.18. The van der Waals surface area contributed by atoms with Gasteiger partial charge >= 0.3 is 0 Å². The van der Waals surface area contributed by atoms with Gasteiger partial charge in [0, 0.05) is 28.3 Å². The van der Waals surface area contributed by atoms with Crippen LogP contribution in [-0.2, 0) is 10.8 Å². The lowest BCUT2D eigenvalue weighted by molar-refractivity contribution is 0.590. The zero-order valence-corrected chi connectivity index (χ0v) is 13.6. The van der Waals surface area contributed by atoms with Gasteiger partial charge in [0.25, 0.3) is 0 Å². The van der Waals surface area contributed by atoms with E-state index < -0.39 is 10.8 Å². The Kier molecular flexibility index (Phi) is 6.73. The molecule has 1 aromatic rings. The molecule has 0 bridgehead atoms. The lowest BCUT2D eigenvalue weighted by atomic mass is 10.0. The van der Waals surface area contributed by atoms with E-state index in [1.807, 2.05) is 0 Å². The fraction of sp³-hybridized carbons (Fsp3) is 0.625. The van der Waals surface area contributed by atoms with E-state index in [4.69, 9.17) is 0 Å². The molecule has 2 unspecified atom stereocenters. The van der Waals surface area contributed by atoms with Crippen LogP contribution >= 0.6 is 0 Å². The van der Waals surface area contributed by atoms with Crippen LogP contribution in [0.4, 0.5) is 0 Å². The van der Waals surface area contributed by atoms with Crippen molar-refractivity contribution in [2.75, 3.05) is 18.1 Å². The zero-order chi connectivity index (χ0) is 14.4. The molecule has 0 amide bonds. The van der Waals surface area contributed by atoms with E-state index in [9.17, 15) is 4.21 Å². The van der Waals surface area contributed by atoms with Gasteiger partial charge in [-0.05, 0) is 43.0 Å². The predicted molar refractivity (Wildman–Crippen MR) is 85.0 cm³/mol. The van der Waals surface area contributed by atoms with Crippen molar-refractivity contribution in [1.29, 1.82) is 0 Å². The highest BCUT2D eigenvalue weighted by Gasteiger charge is 2.15. The van der Waals surface area contributed by atoms with Crippen molar-refractivity contribution in [2.24, 2.45) is 5.92 Å². The second-order valence-electron chi connectivity index (χ2n) is 5.62. The van der Waals surface area contributed by atoms with Crippen LogP contribution in [0.5, 0.6) is 0 Å². The highest BCUT2D eigenvalue weighted by atomic mass is 32.2. The molecule has 1 rings (SSSR count). The molecule has 3 heteroatoms. The van der Waals surface area contributed by atoms with Gasteiger partial charge in [-0.3, -0.25) is 4.21 Å². The Labute approximate surface area is 120 Å². The summed E-state index contributed by atoms with van der Waals surface area (Å²) < 4.78 is 12.1. The molecule has 1 aromatic carbocycles. The van der Waals surface area contributed by atoms with Crippen LogP contribution in [0.25, 0.3) is 0 Å². The van der Waals surface area contributed by atoms with E-state index in [0.717, 1.165) is 12.3 Å². The normalized spacial score (nSPS) is 14.6. The first-order valence-corrected chi connectivity index (χ1v) is 8.58. The summed E-state index contributed by atoms with van der Waals surface area (Å²) in [5.74, 6) is 1.98. The van der Waals surface area contributed by atoms with E-state index in [2.05, 4.69) is 58.1 Å². The molecular formula is C16H27NOS. The molecule has 0 fully saturated rings. The number of benzene rings is 1. The van der Waals surface area contributed by atoms with E-state index in [1.165, 1.54) is 16.7 Å². The van der Waals surface area contributed by atoms with Crippen molar-refractivity contribution in [3.05, 3.63) is 34.9 Å². The van der Waals surface area contributed by atoms with Crippen LogP contribution in [0, 0.1) is 19.8 Å². The molecule has 1 N–H and O–H groups in total. The monoisotopic (exact) mass is 281 g/mol. The maximum absolute atomic E-state index is 12.1. The molecule has 0 aliphatic heterocycles. The third-order valence-corrected chi connectivity index (χ3v) is 5.00. The fourth-order valence-corrected chi connectivity index (χ4v) is 3.69. The molecule has 0 heterocycles. The Morgan fingerprint density at radius 2 is 1.84 bits per heavy atom. The average molecular weight is 281 g/mol. The molecule has 2 nitrogen and oxygen atoms in total. The summed E-state index contributed by atoms with van der Waals surface area (Å²) >= 11 is 0. The first-order chi connectivity index (χ1) is 8.93. The minimum atomic E-state index is -0.757. The van der Waals surface area contributed by atoms with Gasteiger partial charge in [0.15, 0.2) is 0 Å². The lowest BCUT2D eigenvalue weighted by Gasteiger charge is -2.19. The first kappa shape index (κ1) is 16.4. The van der Waals surface area contributed by atoms with Gasteiger partial charge in [-0.25, -0.2) is 0 Å². The number of nitrogens with one attached hydrogen (secondary N) is 1. The predicted octanol–water partition coefficient (Wildman–Crippen LogP) is 3.36.